The molecule has 0 bridgehead atoms. The molecule has 0 spiro atoms. The first kappa shape index (κ1) is 9.96. The average molecular weight is 258 g/mol. The lowest BCUT2D eigenvalue weighted by Crippen LogP contribution is -2.20. The summed E-state index contributed by atoms with van der Waals surface area (Å²) in [6.45, 7) is 6.74. The zero-order valence-corrected chi connectivity index (χ0v) is 9.42. The Bertz CT molecular complexity index is 73.5. The Kier molecular flexibility index (Phi) is 4.39. The van der Waals surface area contributed by atoms with Gasteiger partial charge in [-0.25, -0.2) is 0 Å². The fraction of sp³-hybridized carbons (Fsp3) is 1.00. The number of halogens is 2. The molecule has 9 heavy (non-hydrogen) atoms. The number of rotatable bonds is 2. The molecular weight excluding hydrogens is 244 g/mol. The van der Waals surface area contributed by atoms with Crippen LogP contribution in [0.15, 0.2) is 0 Å². The van der Waals surface area contributed by atoms with Gasteiger partial charge in [0.15, 0.2) is 0 Å². The summed E-state index contributed by atoms with van der Waals surface area (Å²) in [7, 11) is 0. The first-order chi connectivity index (χ1) is 3.98. The number of hydrogen-bond acceptors (Lipinski definition) is 0. The first-order valence-corrected chi connectivity index (χ1v) is 5.22. The molecule has 0 aromatic heterocycles. The van der Waals surface area contributed by atoms with Gasteiger partial charge in [0, 0.05) is 10.2 Å². The van der Waals surface area contributed by atoms with Crippen LogP contribution in [-0.2, 0) is 0 Å². The third-order valence-corrected chi connectivity index (χ3v) is 3.59. The summed E-state index contributed by atoms with van der Waals surface area (Å²) in [4.78, 5) is 0.629. The van der Waals surface area contributed by atoms with Crippen molar-refractivity contribution in [2.24, 2.45) is 5.41 Å². The molecule has 0 aromatic carbocycles. The van der Waals surface area contributed by atoms with Gasteiger partial charge in [-0.1, -0.05) is 52.6 Å². The Labute approximate surface area is 74.7 Å². The van der Waals surface area contributed by atoms with Crippen LogP contribution < -0.4 is 0 Å². The van der Waals surface area contributed by atoms with Crippen LogP contribution in [0.3, 0.4) is 0 Å². The Morgan fingerprint density at radius 2 is 1.78 bits per heavy atom. The molecule has 0 aliphatic rings. The maximum Gasteiger partial charge on any atom is 0.0202 e. The molecule has 0 amide bonds. The minimum atomic E-state index is 0.397. The molecule has 0 saturated carbocycles. The second-order valence-corrected chi connectivity index (χ2v) is 5.21. The highest BCUT2D eigenvalue weighted by Gasteiger charge is 2.20. The zero-order valence-electron chi connectivity index (χ0n) is 6.25. The van der Waals surface area contributed by atoms with Gasteiger partial charge in [-0.15, -0.1) is 0 Å². The maximum absolute atomic E-state index is 3.63. The van der Waals surface area contributed by atoms with Crippen LogP contribution in [0.5, 0.6) is 0 Å². The van der Waals surface area contributed by atoms with Crippen LogP contribution in [0.4, 0.5) is 0 Å². The molecule has 0 aliphatic carbocycles. The predicted molar refractivity (Wildman–Crippen MR) is 50.6 cm³/mol. The maximum atomic E-state index is 3.63. The lowest BCUT2D eigenvalue weighted by molar-refractivity contribution is 0.395. The van der Waals surface area contributed by atoms with E-state index in [1.165, 1.54) is 6.42 Å². The molecule has 0 unspecified atom stereocenters. The van der Waals surface area contributed by atoms with Crippen molar-refractivity contribution in [1.82, 2.24) is 0 Å². The van der Waals surface area contributed by atoms with E-state index in [1.54, 1.807) is 0 Å². The second-order valence-electron chi connectivity index (χ2n) is 3.31. The van der Waals surface area contributed by atoms with E-state index in [2.05, 4.69) is 52.6 Å². The zero-order chi connectivity index (χ0) is 7.49. The molecule has 1 atom stereocenters. The lowest BCUT2D eigenvalue weighted by Gasteiger charge is -2.24. The van der Waals surface area contributed by atoms with E-state index in [4.69, 9.17) is 0 Å². The smallest absolute Gasteiger partial charge is 0.0202 e. The molecule has 0 rings (SSSR count). The summed E-state index contributed by atoms with van der Waals surface area (Å²) in [6.07, 6.45) is 1.20. The van der Waals surface area contributed by atoms with E-state index in [9.17, 15) is 0 Å². The fourth-order valence-electron chi connectivity index (χ4n) is 0.529. The van der Waals surface area contributed by atoms with Gasteiger partial charge in [0.2, 0.25) is 0 Å². The Hall–Kier alpha value is 0.960. The summed E-state index contributed by atoms with van der Waals surface area (Å²) in [5.41, 5.74) is 0.397. The monoisotopic (exact) mass is 256 g/mol. The van der Waals surface area contributed by atoms with Crippen LogP contribution >= 0.6 is 31.9 Å². The highest BCUT2D eigenvalue weighted by Crippen LogP contribution is 2.28. The lowest BCUT2D eigenvalue weighted by atomic mass is 9.91. The van der Waals surface area contributed by atoms with Gasteiger partial charge in [0.05, 0.1) is 0 Å². The Morgan fingerprint density at radius 3 is 1.89 bits per heavy atom. The minimum Gasteiger partial charge on any atom is -0.0928 e. The van der Waals surface area contributed by atoms with E-state index in [0.29, 0.717) is 10.2 Å². The average Bonchev–Trinajstić information content (AvgIpc) is 1.64. The minimum absolute atomic E-state index is 0.397. The van der Waals surface area contributed by atoms with Crippen molar-refractivity contribution in [2.75, 3.05) is 5.33 Å². The first-order valence-electron chi connectivity index (χ1n) is 3.18. The van der Waals surface area contributed by atoms with E-state index >= 15 is 0 Å². The van der Waals surface area contributed by atoms with Gasteiger partial charge in [-0.05, 0) is 11.8 Å². The van der Waals surface area contributed by atoms with Crippen LogP contribution in [0.2, 0.25) is 0 Å². The topological polar surface area (TPSA) is 0 Å². The number of hydrogen-bond donors (Lipinski definition) is 0. The largest absolute Gasteiger partial charge is 0.0928 e. The van der Waals surface area contributed by atoms with Crippen molar-refractivity contribution in [1.29, 1.82) is 0 Å². The van der Waals surface area contributed by atoms with Crippen molar-refractivity contribution < 1.29 is 0 Å². The van der Waals surface area contributed by atoms with Crippen molar-refractivity contribution in [3.63, 3.8) is 0 Å². The van der Waals surface area contributed by atoms with Gasteiger partial charge in [-0.3, -0.25) is 0 Å². The van der Waals surface area contributed by atoms with Gasteiger partial charge in [0.1, 0.15) is 0 Å². The predicted octanol–water partition coefficient (Wildman–Crippen LogP) is 3.58. The van der Waals surface area contributed by atoms with E-state index in [-0.39, 0.29) is 0 Å². The van der Waals surface area contributed by atoms with Gasteiger partial charge >= 0.3 is 0 Å². The van der Waals surface area contributed by atoms with Gasteiger partial charge in [0.25, 0.3) is 0 Å². The summed E-state index contributed by atoms with van der Waals surface area (Å²) in [6, 6.07) is 0. The second kappa shape index (κ2) is 3.97. The van der Waals surface area contributed by atoms with Crippen LogP contribution in [0.25, 0.3) is 0 Å². The SMILES string of the molecule is CC(C)(C)[C@@H](Br)CCBr. The Morgan fingerprint density at radius 1 is 1.33 bits per heavy atom. The van der Waals surface area contributed by atoms with E-state index in [0.717, 1.165) is 5.33 Å². The molecule has 0 heterocycles. The summed E-state index contributed by atoms with van der Waals surface area (Å²) < 4.78 is 0. The molecule has 0 nitrogen and oxygen atoms in total. The molecule has 56 valence electrons. The van der Waals surface area contributed by atoms with Gasteiger partial charge < -0.3 is 0 Å². The fourth-order valence-corrected chi connectivity index (χ4v) is 1.83. The molecule has 2 heteroatoms. The molecular formula is C7H14Br2. The molecule has 0 aromatic rings. The van der Waals surface area contributed by atoms with Gasteiger partial charge in [-0.2, -0.15) is 0 Å². The third-order valence-electron chi connectivity index (χ3n) is 1.30. The van der Waals surface area contributed by atoms with Crippen molar-refractivity contribution in [3.05, 3.63) is 0 Å². The molecule has 0 fully saturated rings. The quantitative estimate of drug-likeness (QED) is 0.664. The molecule has 0 N–H and O–H groups in total. The molecule has 0 radical (unpaired) electrons. The molecule has 0 aliphatic heterocycles. The summed E-state index contributed by atoms with van der Waals surface area (Å²) in [5.74, 6) is 0. The van der Waals surface area contributed by atoms with Crippen LogP contribution in [-0.4, -0.2) is 10.2 Å². The van der Waals surface area contributed by atoms with Crippen molar-refractivity contribution in [3.8, 4) is 0 Å². The van der Waals surface area contributed by atoms with Crippen LogP contribution in [0, 0.1) is 5.41 Å². The van der Waals surface area contributed by atoms with Crippen LogP contribution in [0.1, 0.15) is 27.2 Å². The Balaban J connectivity index is 3.59. The van der Waals surface area contributed by atoms with E-state index in [1.807, 2.05) is 0 Å². The molecule has 0 saturated heterocycles. The van der Waals surface area contributed by atoms with E-state index < -0.39 is 0 Å². The van der Waals surface area contributed by atoms with Crippen molar-refractivity contribution >= 4 is 31.9 Å². The highest BCUT2D eigenvalue weighted by molar-refractivity contribution is 9.10. The normalized spacial score (nSPS) is 15.7. The van der Waals surface area contributed by atoms with Crippen molar-refractivity contribution in [2.45, 2.75) is 32.0 Å². The highest BCUT2D eigenvalue weighted by atomic mass is 79.9. The standard InChI is InChI=1S/C7H14Br2/c1-7(2,3)6(9)4-5-8/h6H,4-5H2,1-3H3/t6-/m0/s1. The third kappa shape index (κ3) is 4.38. The summed E-state index contributed by atoms with van der Waals surface area (Å²) in [5, 5.41) is 1.08. The number of alkyl halides is 2. The summed E-state index contributed by atoms with van der Waals surface area (Å²) >= 11 is 7.04.